The molecule has 2 aliphatic carbocycles. The number of aliphatic hydroxyl groups excluding tert-OH is 1. The van der Waals surface area contributed by atoms with Crippen LogP contribution in [0.25, 0.3) is 0 Å². The summed E-state index contributed by atoms with van der Waals surface area (Å²) in [7, 11) is 0. The molecule has 2 rings (SSSR count). The summed E-state index contributed by atoms with van der Waals surface area (Å²) in [6.45, 7) is 10.3. The van der Waals surface area contributed by atoms with Gasteiger partial charge in [0.15, 0.2) is 11.6 Å². The van der Waals surface area contributed by atoms with Crippen LogP contribution in [0.15, 0.2) is 0 Å². The first-order valence-electron chi connectivity index (χ1n) is 15.4. The lowest BCUT2D eigenvalue weighted by Crippen LogP contribution is -2.45. The minimum absolute atomic E-state index is 0.0554. The summed E-state index contributed by atoms with van der Waals surface area (Å²) in [6.07, 6.45) is 13.2. The molecule has 38 heavy (non-hydrogen) atoms. The molecule has 2 aliphatic rings. The molecule has 0 aromatic carbocycles. The second kappa shape index (κ2) is 18.5. The summed E-state index contributed by atoms with van der Waals surface area (Å²) in [5, 5.41) is 30.2. The number of aliphatic hydroxyl groups is 3. The summed E-state index contributed by atoms with van der Waals surface area (Å²) in [4.78, 5) is 24.5. The number of ether oxygens (including phenoxy) is 2. The maximum atomic E-state index is 12.3. The number of Topliss-reactive ketones (excluding diaryl/α,β-unsaturated/α-hetero) is 2. The zero-order valence-electron chi connectivity index (χ0n) is 25.0. The molecule has 4 unspecified atom stereocenters. The lowest BCUT2D eigenvalue weighted by atomic mass is 9.73. The van der Waals surface area contributed by atoms with Gasteiger partial charge in [0.25, 0.3) is 0 Å². The van der Waals surface area contributed by atoms with Gasteiger partial charge in [0, 0.05) is 6.61 Å². The van der Waals surface area contributed by atoms with Crippen LogP contribution in [0.4, 0.5) is 0 Å². The van der Waals surface area contributed by atoms with Crippen molar-refractivity contribution in [1.29, 1.82) is 0 Å². The highest BCUT2D eigenvalue weighted by Crippen LogP contribution is 2.37. The van der Waals surface area contributed by atoms with E-state index in [-0.39, 0.29) is 24.8 Å². The molecule has 0 aliphatic heterocycles. The van der Waals surface area contributed by atoms with Crippen LogP contribution in [0.5, 0.6) is 0 Å². The normalized spacial score (nSPS) is 32.6. The minimum atomic E-state index is -1.27. The third-order valence-corrected chi connectivity index (χ3v) is 9.06. The predicted molar refractivity (Wildman–Crippen MR) is 151 cm³/mol. The minimum Gasteiger partial charge on any atom is -0.382 e. The zero-order valence-corrected chi connectivity index (χ0v) is 25.0. The fraction of sp³-hybridized carbons (Fsp3) is 0.935. The Labute approximate surface area is 232 Å². The zero-order chi connectivity index (χ0) is 28.6. The predicted octanol–water partition coefficient (Wildman–Crippen LogP) is 5.61. The van der Waals surface area contributed by atoms with Crippen molar-refractivity contribution in [2.45, 2.75) is 136 Å². The average Bonchev–Trinajstić information content (AvgIpc) is 2.89. The lowest BCUT2D eigenvalue weighted by molar-refractivity contribution is -0.150. The van der Waals surface area contributed by atoms with E-state index >= 15 is 0 Å². The van der Waals surface area contributed by atoms with E-state index in [4.69, 9.17) is 14.6 Å². The molecular formula is C31H58O7. The Hall–Kier alpha value is -0.860. The standard InChI is InChI=1S/C16H30O3.C15H28O4/c1-4-13-8-7-9-14(5-2)11-16(18,10-13)15(17)12-19-6-3;1-3-12-6-5-7-13(4-2)9-15(18,8-12)14(17)10-19-11-16/h13-14,18H,4-12H2,1-3H3;12-13,16,18H,3-11H2,1-2H3. The van der Waals surface area contributed by atoms with Crippen molar-refractivity contribution in [2.75, 3.05) is 26.6 Å². The van der Waals surface area contributed by atoms with E-state index in [1.807, 2.05) is 6.92 Å². The first kappa shape index (κ1) is 35.2. The molecule has 0 spiro atoms. The maximum absolute atomic E-state index is 12.3. The Balaban J connectivity index is 0.000000380. The van der Waals surface area contributed by atoms with E-state index in [9.17, 15) is 19.8 Å². The number of hydrogen-bond acceptors (Lipinski definition) is 7. The van der Waals surface area contributed by atoms with Gasteiger partial charge in [0.2, 0.25) is 0 Å². The largest absolute Gasteiger partial charge is 0.382 e. The highest BCUT2D eigenvalue weighted by molar-refractivity contribution is 5.88. The van der Waals surface area contributed by atoms with Crippen molar-refractivity contribution < 1.29 is 34.4 Å². The summed E-state index contributed by atoms with van der Waals surface area (Å²) in [5.74, 6) is 1.34. The molecule has 2 saturated carbocycles. The Bertz CT molecular complexity index is 581. The summed E-state index contributed by atoms with van der Waals surface area (Å²) < 4.78 is 9.98. The van der Waals surface area contributed by atoms with Crippen molar-refractivity contribution in [3.8, 4) is 0 Å². The highest BCUT2D eigenvalue weighted by atomic mass is 16.6. The Morgan fingerprint density at radius 1 is 0.632 bits per heavy atom. The molecule has 2 fully saturated rings. The monoisotopic (exact) mass is 542 g/mol. The van der Waals surface area contributed by atoms with Gasteiger partial charge in [0.05, 0.1) is 0 Å². The molecule has 0 radical (unpaired) electrons. The third-order valence-electron chi connectivity index (χ3n) is 9.06. The molecule has 0 saturated heterocycles. The number of hydrogen-bond donors (Lipinski definition) is 3. The van der Waals surface area contributed by atoms with E-state index in [0.29, 0.717) is 56.0 Å². The van der Waals surface area contributed by atoms with Crippen LogP contribution in [0, 0.1) is 23.7 Å². The number of carbonyl (C=O) groups excluding carboxylic acids is 2. The van der Waals surface area contributed by atoms with Crippen LogP contribution in [-0.4, -0.2) is 64.7 Å². The van der Waals surface area contributed by atoms with Gasteiger partial charge < -0.3 is 24.8 Å². The molecule has 7 heteroatoms. The van der Waals surface area contributed by atoms with E-state index in [1.165, 1.54) is 12.8 Å². The van der Waals surface area contributed by atoms with Gasteiger partial charge in [0.1, 0.15) is 31.2 Å². The molecule has 0 amide bonds. The molecule has 224 valence electrons. The molecule has 4 atom stereocenters. The molecule has 7 nitrogen and oxygen atoms in total. The van der Waals surface area contributed by atoms with Gasteiger partial charge in [-0.25, -0.2) is 0 Å². The van der Waals surface area contributed by atoms with Crippen LogP contribution in [-0.2, 0) is 19.1 Å². The number of carbonyl (C=O) groups is 2. The van der Waals surface area contributed by atoms with Crippen molar-refractivity contribution in [1.82, 2.24) is 0 Å². The fourth-order valence-corrected chi connectivity index (χ4v) is 6.33. The second-order valence-corrected chi connectivity index (χ2v) is 11.8. The van der Waals surface area contributed by atoms with Crippen molar-refractivity contribution in [3.63, 3.8) is 0 Å². The maximum Gasteiger partial charge on any atom is 0.189 e. The Morgan fingerprint density at radius 3 is 1.21 bits per heavy atom. The summed E-state index contributed by atoms with van der Waals surface area (Å²) >= 11 is 0. The van der Waals surface area contributed by atoms with Gasteiger partial charge in [-0.2, -0.15) is 0 Å². The molecular weight excluding hydrogens is 484 g/mol. The lowest BCUT2D eigenvalue weighted by Gasteiger charge is -2.36. The van der Waals surface area contributed by atoms with Gasteiger partial charge in [-0.15, -0.1) is 0 Å². The average molecular weight is 543 g/mol. The Kier molecular flexibility index (Phi) is 17.1. The first-order chi connectivity index (χ1) is 18.1. The van der Waals surface area contributed by atoms with Gasteiger partial charge in [-0.3, -0.25) is 9.59 Å². The van der Waals surface area contributed by atoms with E-state index in [0.717, 1.165) is 51.4 Å². The number of rotatable bonds is 12. The van der Waals surface area contributed by atoms with Gasteiger partial charge >= 0.3 is 0 Å². The van der Waals surface area contributed by atoms with Crippen LogP contribution in [0.2, 0.25) is 0 Å². The fourth-order valence-electron chi connectivity index (χ4n) is 6.33. The van der Waals surface area contributed by atoms with Crippen molar-refractivity contribution in [2.24, 2.45) is 23.7 Å². The van der Waals surface area contributed by atoms with Crippen molar-refractivity contribution in [3.05, 3.63) is 0 Å². The molecule has 3 N–H and O–H groups in total. The smallest absolute Gasteiger partial charge is 0.189 e. The molecule has 0 aromatic heterocycles. The van der Waals surface area contributed by atoms with Crippen molar-refractivity contribution >= 4 is 11.6 Å². The second-order valence-electron chi connectivity index (χ2n) is 11.8. The van der Waals surface area contributed by atoms with Crippen LogP contribution >= 0.6 is 0 Å². The molecule has 0 aromatic rings. The van der Waals surface area contributed by atoms with E-state index in [2.05, 4.69) is 27.7 Å². The van der Waals surface area contributed by atoms with Crippen LogP contribution in [0.1, 0.15) is 125 Å². The quantitative estimate of drug-likeness (QED) is 0.275. The molecule has 0 heterocycles. The SMILES string of the molecule is CCC1CCCC(CC)CC(O)(C(=O)COCO)C1.CCOCC(=O)C1(O)CC(CC)CCCC(CC)C1. The van der Waals surface area contributed by atoms with E-state index < -0.39 is 18.0 Å². The highest BCUT2D eigenvalue weighted by Gasteiger charge is 2.41. The van der Waals surface area contributed by atoms with Crippen LogP contribution in [0.3, 0.4) is 0 Å². The van der Waals surface area contributed by atoms with E-state index in [1.54, 1.807) is 0 Å². The third kappa shape index (κ3) is 11.7. The van der Waals surface area contributed by atoms with Gasteiger partial charge in [-0.05, 0) is 56.3 Å². The summed E-state index contributed by atoms with van der Waals surface area (Å²) in [6, 6.07) is 0. The van der Waals surface area contributed by atoms with Gasteiger partial charge in [-0.1, -0.05) is 91.9 Å². The molecule has 0 bridgehead atoms. The number of ketones is 2. The van der Waals surface area contributed by atoms with Crippen LogP contribution < -0.4 is 0 Å². The topological polar surface area (TPSA) is 113 Å². The Morgan fingerprint density at radius 2 is 0.947 bits per heavy atom. The summed E-state index contributed by atoms with van der Waals surface area (Å²) in [5.41, 5.74) is -2.42. The first-order valence-corrected chi connectivity index (χ1v) is 15.4.